The minimum Gasteiger partial charge on any atom is -0.330 e. The number of hydrogen-bond donors (Lipinski definition) is 1. The van der Waals surface area contributed by atoms with Gasteiger partial charge in [0, 0.05) is 6.42 Å². The van der Waals surface area contributed by atoms with Crippen molar-refractivity contribution in [2.45, 2.75) is 32.1 Å². The molecular formula is C20H25NO. The normalized spacial score (nSPS) is 11.6. The van der Waals surface area contributed by atoms with E-state index >= 15 is 0 Å². The van der Waals surface area contributed by atoms with E-state index in [0.29, 0.717) is 25.3 Å². The molecular weight excluding hydrogens is 270 g/mol. The van der Waals surface area contributed by atoms with E-state index in [4.69, 9.17) is 5.73 Å². The monoisotopic (exact) mass is 295 g/mol. The third kappa shape index (κ3) is 3.28. The molecule has 22 heavy (non-hydrogen) atoms. The maximum absolute atomic E-state index is 13.2. The summed E-state index contributed by atoms with van der Waals surface area (Å²) in [6, 6.07) is 20.1. The van der Waals surface area contributed by atoms with Crippen LogP contribution in [0.1, 0.15) is 37.8 Å². The molecule has 2 aromatic rings. The first-order valence-electron chi connectivity index (χ1n) is 7.95. The minimum atomic E-state index is -0.637. The summed E-state index contributed by atoms with van der Waals surface area (Å²) in [5.41, 5.74) is 7.35. The molecule has 2 aromatic carbocycles. The summed E-state index contributed by atoms with van der Waals surface area (Å²) >= 11 is 0. The number of rotatable bonds is 7. The molecule has 0 saturated carbocycles. The van der Waals surface area contributed by atoms with Crippen molar-refractivity contribution >= 4 is 5.78 Å². The van der Waals surface area contributed by atoms with Crippen LogP contribution in [0.2, 0.25) is 0 Å². The Morgan fingerprint density at radius 1 is 0.955 bits per heavy atom. The molecule has 0 spiro atoms. The smallest absolute Gasteiger partial charge is 0.148 e. The number of benzene rings is 2. The summed E-state index contributed by atoms with van der Waals surface area (Å²) in [4.78, 5) is 13.2. The fourth-order valence-corrected chi connectivity index (χ4v) is 3.12. The Balaban J connectivity index is 2.62. The van der Waals surface area contributed by atoms with Gasteiger partial charge >= 0.3 is 0 Å². The summed E-state index contributed by atoms with van der Waals surface area (Å²) in [6.07, 6.45) is 1.19. The van der Waals surface area contributed by atoms with Gasteiger partial charge in [-0.1, -0.05) is 74.5 Å². The highest BCUT2D eigenvalue weighted by Crippen LogP contribution is 2.38. The molecule has 0 atom stereocenters. The average Bonchev–Trinajstić information content (AvgIpc) is 2.53. The van der Waals surface area contributed by atoms with Crippen LogP contribution < -0.4 is 5.73 Å². The molecule has 0 bridgehead atoms. The van der Waals surface area contributed by atoms with Crippen LogP contribution in [0.3, 0.4) is 0 Å². The van der Waals surface area contributed by atoms with Crippen LogP contribution in [-0.4, -0.2) is 12.3 Å². The predicted octanol–water partition coefficient (Wildman–Crippen LogP) is 3.94. The molecule has 0 aromatic heterocycles. The Morgan fingerprint density at radius 3 is 1.77 bits per heavy atom. The Kier molecular flexibility index (Phi) is 5.51. The van der Waals surface area contributed by atoms with Gasteiger partial charge in [0.05, 0.1) is 5.41 Å². The highest BCUT2D eigenvalue weighted by atomic mass is 16.1. The van der Waals surface area contributed by atoms with E-state index in [1.165, 1.54) is 0 Å². The van der Waals surface area contributed by atoms with Crippen molar-refractivity contribution in [2.75, 3.05) is 6.54 Å². The van der Waals surface area contributed by atoms with Gasteiger partial charge in [0.1, 0.15) is 5.78 Å². The standard InChI is InChI=1S/C20H25NO/c1-16(2)15-19(22)20(13-14-21,17-9-5-3-6-10-17)18-11-7-4-8-12-18/h3-12,16H,13-15,21H2,1-2H3. The molecule has 0 heterocycles. The maximum Gasteiger partial charge on any atom is 0.148 e. The van der Waals surface area contributed by atoms with Crippen molar-refractivity contribution in [3.8, 4) is 0 Å². The van der Waals surface area contributed by atoms with Crippen molar-refractivity contribution in [2.24, 2.45) is 11.7 Å². The molecule has 0 aliphatic heterocycles. The lowest BCUT2D eigenvalue weighted by Crippen LogP contribution is -2.40. The first kappa shape index (κ1) is 16.4. The van der Waals surface area contributed by atoms with Gasteiger partial charge in [0.25, 0.3) is 0 Å². The predicted molar refractivity (Wildman–Crippen MR) is 91.8 cm³/mol. The second-order valence-electron chi connectivity index (χ2n) is 6.20. The summed E-state index contributed by atoms with van der Waals surface area (Å²) in [6.45, 7) is 4.65. The summed E-state index contributed by atoms with van der Waals surface area (Å²) in [5, 5.41) is 0. The van der Waals surface area contributed by atoms with Gasteiger partial charge in [0.15, 0.2) is 0 Å². The number of ketones is 1. The molecule has 0 unspecified atom stereocenters. The highest BCUT2D eigenvalue weighted by molar-refractivity contribution is 5.94. The van der Waals surface area contributed by atoms with E-state index < -0.39 is 5.41 Å². The average molecular weight is 295 g/mol. The van der Waals surface area contributed by atoms with Crippen molar-refractivity contribution in [3.05, 3.63) is 71.8 Å². The fourth-order valence-electron chi connectivity index (χ4n) is 3.12. The number of hydrogen-bond acceptors (Lipinski definition) is 2. The van der Waals surface area contributed by atoms with E-state index in [1.54, 1.807) is 0 Å². The molecule has 2 N–H and O–H groups in total. The van der Waals surface area contributed by atoms with Crippen LogP contribution in [0.15, 0.2) is 60.7 Å². The first-order chi connectivity index (χ1) is 10.6. The zero-order chi connectivity index (χ0) is 16.0. The van der Waals surface area contributed by atoms with Crippen molar-refractivity contribution in [3.63, 3.8) is 0 Å². The largest absolute Gasteiger partial charge is 0.330 e. The van der Waals surface area contributed by atoms with Crippen molar-refractivity contribution in [1.29, 1.82) is 0 Å². The van der Waals surface area contributed by atoms with Crippen LogP contribution in [-0.2, 0) is 10.2 Å². The SMILES string of the molecule is CC(C)CC(=O)C(CCN)(c1ccccc1)c1ccccc1. The second kappa shape index (κ2) is 7.37. The van der Waals surface area contributed by atoms with Gasteiger partial charge in [-0.05, 0) is 30.0 Å². The summed E-state index contributed by atoms with van der Waals surface area (Å²) < 4.78 is 0. The van der Waals surface area contributed by atoms with Gasteiger partial charge in [0.2, 0.25) is 0 Å². The quantitative estimate of drug-likeness (QED) is 0.841. The Labute approximate surface area is 133 Å². The number of carbonyl (C=O) groups is 1. The fraction of sp³-hybridized carbons (Fsp3) is 0.350. The van der Waals surface area contributed by atoms with Gasteiger partial charge in [-0.3, -0.25) is 4.79 Å². The molecule has 0 amide bonds. The number of carbonyl (C=O) groups excluding carboxylic acids is 1. The van der Waals surface area contributed by atoms with E-state index in [0.717, 1.165) is 11.1 Å². The molecule has 0 radical (unpaired) electrons. The van der Waals surface area contributed by atoms with Gasteiger partial charge in [-0.15, -0.1) is 0 Å². The summed E-state index contributed by atoms with van der Waals surface area (Å²) in [5.74, 6) is 0.586. The lowest BCUT2D eigenvalue weighted by Gasteiger charge is -2.34. The Bertz CT molecular complexity index is 550. The van der Waals surface area contributed by atoms with Gasteiger partial charge in [-0.2, -0.15) is 0 Å². The molecule has 2 nitrogen and oxygen atoms in total. The van der Waals surface area contributed by atoms with Crippen LogP contribution >= 0.6 is 0 Å². The molecule has 2 rings (SSSR count). The van der Waals surface area contributed by atoms with Crippen LogP contribution in [0.4, 0.5) is 0 Å². The lowest BCUT2D eigenvalue weighted by atomic mass is 9.67. The Morgan fingerprint density at radius 2 is 1.41 bits per heavy atom. The third-order valence-electron chi connectivity index (χ3n) is 4.12. The van der Waals surface area contributed by atoms with E-state index in [-0.39, 0.29) is 5.78 Å². The Hall–Kier alpha value is -1.93. The van der Waals surface area contributed by atoms with Gasteiger partial charge < -0.3 is 5.73 Å². The lowest BCUT2D eigenvalue weighted by molar-refractivity contribution is -0.124. The number of Topliss-reactive ketones (excluding diaryl/α,β-unsaturated/α-hetero) is 1. The molecule has 2 heteroatoms. The minimum absolute atomic E-state index is 0.255. The molecule has 0 saturated heterocycles. The van der Waals surface area contributed by atoms with Crippen LogP contribution in [0.25, 0.3) is 0 Å². The van der Waals surface area contributed by atoms with E-state index in [1.807, 2.05) is 60.7 Å². The topological polar surface area (TPSA) is 43.1 Å². The number of nitrogens with two attached hydrogens (primary N) is 1. The zero-order valence-corrected chi connectivity index (χ0v) is 13.5. The van der Waals surface area contributed by atoms with Crippen molar-refractivity contribution in [1.82, 2.24) is 0 Å². The first-order valence-corrected chi connectivity index (χ1v) is 7.95. The summed E-state index contributed by atoms with van der Waals surface area (Å²) in [7, 11) is 0. The van der Waals surface area contributed by atoms with E-state index in [9.17, 15) is 4.79 Å². The van der Waals surface area contributed by atoms with Crippen LogP contribution in [0, 0.1) is 5.92 Å². The molecule has 116 valence electrons. The maximum atomic E-state index is 13.2. The zero-order valence-electron chi connectivity index (χ0n) is 13.5. The molecule has 0 aliphatic rings. The molecule has 0 aliphatic carbocycles. The molecule has 0 fully saturated rings. The van der Waals surface area contributed by atoms with Crippen molar-refractivity contribution < 1.29 is 4.79 Å². The highest BCUT2D eigenvalue weighted by Gasteiger charge is 2.40. The van der Waals surface area contributed by atoms with Gasteiger partial charge in [-0.25, -0.2) is 0 Å². The van der Waals surface area contributed by atoms with Crippen LogP contribution in [0.5, 0.6) is 0 Å². The van der Waals surface area contributed by atoms with E-state index in [2.05, 4.69) is 13.8 Å². The second-order valence-corrected chi connectivity index (χ2v) is 6.20. The third-order valence-corrected chi connectivity index (χ3v) is 4.12.